The van der Waals surface area contributed by atoms with Crippen molar-refractivity contribution < 1.29 is 1.43 Å². The van der Waals surface area contributed by atoms with Gasteiger partial charge in [-0.05, 0) is 55.2 Å². The summed E-state index contributed by atoms with van der Waals surface area (Å²) in [6, 6.07) is 10.2. The third-order valence-corrected chi connectivity index (χ3v) is 3.75. The number of rotatable bonds is 2. The maximum absolute atomic E-state index is 8.40. The fraction of sp³-hybridized carbons (Fsp3) is 0.353. The van der Waals surface area contributed by atoms with Crippen molar-refractivity contribution in [3.63, 3.8) is 0 Å². The average Bonchev–Trinajstić information content (AvgIpc) is 2.46. The van der Waals surface area contributed by atoms with Crippen LogP contribution in [0.4, 0.5) is 0 Å². The number of nitrogens with zero attached hydrogens (tertiary/aromatic N) is 1. The van der Waals surface area contributed by atoms with Crippen molar-refractivity contribution in [1.82, 2.24) is 0 Å². The van der Waals surface area contributed by atoms with Crippen molar-refractivity contribution >= 4 is 0 Å². The first-order valence-corrected chi connectivity index (χ1v) is 6.46. The van der Waals surface area contributed by atoms with Crippen molar-refractivity contribution in [3.05, 3.63) is 48.0 Å². The molecule has 1 aliphatic carbocycles. The van der Waals surface area contributed by atoms with Gasteiger partial charge >= 0.3 is 0 Å². The first kappa shape index (κ1) is 12.5. The number of nitriles is 1. The summed E-state index contributed by atoms with van der Waals surface area (Å²) in [5, 5.41) is 8.40. The third-order valence-electron chi connectivity index (χ3n) is 3.75. The lowest BCUT2D eigenvalue weighted by Crippen LogP contribution is -2.11. The Labute approximate surface area is 111 Å². The van der Waals surface area contributed by atoms with Crippen LogP contribution in [-0.4, -0.2) is 0 Å². The Kier molecular flexibility index (Phi) is 4.21. The van der Waals surface area contributed by atoms with Gasteiger partial charge in [-0.2, -0.15) is 5.26 Å². The van der Waals surface area contributed by atoms with Crippen molar-refractivity contribution in [2.75, 3.05) is 0 Å². The molecule has 1 saturated carbocycles. The molecule has 1 aliphatic rings. The molecule has 0 aromatic heterocycles. The predicted molar refractivity (Wildman–Crippen MR) is 75.9 cm³/mol. The molecule has 92 valence electrons. The summed E-state index contributed by atoms with van der Waals surface area (Å²) < 4.78 is 0. The molecule has 0 spiro atoms. The van der Waals surface area contributed by atoms with Gasteiger partial charge in [0.1, 0.15) is 0 Å². The molecule has 1 aromatic rings. The van der Waals surface area contributed by atoms with Crippen LogP contribution in [0, 0.1) is 29.1 Å². The van der Waals surface area contributed by atoms with Crippen LogP contribution in [0.2, 0.25) is 0 Å². The molecular formula is C17H19N. The highest BCUT2D eigenvalue weighted by Gasteiger charge is 2.20. The average molecular weight is 237 g/mol. The zero-order valence-electron chi connectivity index (χ0n) is 10.5. The molecule has 0 atom stereocenters. The van der Waals surface area contributed by atoms with E-state index < -0.39 is 0 Å². The van der Waals surface area contributed by atoms with Crippen LogP contribution in [0.15, 0.2) is 36.9 Å². The normalized spacial score (nSPS) is 22.4. The predicted octanol–water partition coefficient (Wildman–Crippen LogP) is 4.27. The van der Waals surface area contributed by atoms with Gasteiger partial charge in [-0.15, -0.1) is 6.58 Å². The van der Waals surface area contributed by atoms with E-state index in [4.69, 9.17) is 5.26 Å². The SMILES string of the molecule is C=CC1CCC(c2ccc(C#CC#N)cc2)CC1.[HH]. The molecule has 2 rings (SSSR count). The van der Waals surface area contributed by atoms with E-state index >= 15 is 0 Å². The zero-order valence-corrected chi connectivity index (χ0v) is 10.5. The van der Waals surface area contributed by atoms with Gasteiger partial charge < -0.3 is 0 Å². The summed E-state index contributed by atoms with van der Waals surface area (Å²) >= 11 is 0. The quantitative estimate of drug-likeness (QED) is 0.556. The second-order valence-corrected chi connectivity index (χ2v) is 4.83. The van der Waals surface area contributed by atoms with Crippen LogP contribution in [0.1, 0.15) is 44.2 Å². The van der Waals surface area contributed by atoms with Crippen LogP contribution < -0.4 is 0 Å². The minimum Gasteiger partial charge on any atom is -0.183 e. The van der Waals surface area contributed by atoms with Crippen LogP contribution in [0.5, 0.6) is 0 Å². The zero-order chi connectivity index (χ0) is 12.8. The Morgan fingerprint density at radius 3 is 2.39 bits per heavy atom. The van der Waals surface area contributed by atoms with Gasteiger partial charge in [0.25, 0.3) is 0 Å². The van der Waals surface area contributed by atoms with E-state index in [0.717, 1.165) is 5.56 Å². The first-order valence-electron chi connectivity index (χ1n) is 6.46. The summed E-state index contributed by atoms with van der Waals surface area (Å²) in [6.07, 6.45) is 7.10. The van der Waals surface area contributed by atoms with Gasteiger partial charge in [-0.3, -0.25) is 0 Å². The molecule has 0 aliphatic heterocycles. The molecule has 18 heavy (non-hydrogen) atoms. The second kappa shape index (κ2) is 6.08. The van der Waals surface area contributed by atoms with E-state index in [2.05, 4.69) is 36.6 Å². The van der Waals surface area contributed by atoms with Crippen molar-refractivity contribution in [3.8, 4) is 17.9 Å². The highest BCUT2D eigenvalue weighted by atomic mass is 14.2. The highest BCUT2D eigenvalue weighted by molar-refractivity contribution is 5.39. The second-order valence-electron chi connectivity index (χ2n) is 4.83. The molecule has 0 saturated heterocycles. The molecule has 0 unspecified atom stereocenters. The van der Waals surface area contributed by atoms with Gasteiger partial charge in [-0.25, -0.2) is 0 Å². The number of hydrogen-bond donors (Lipinski definition) is 0. The summed E-state index contributed by atoms with van der Waals surface area (Å²) in [5.41, 5.74) is 2.32. The van der Waals surface area contributed by atoms with E-state index in [1.807, 2.05) is 18.2 Å². The fourth-order valence-corrected chi connectivity index (χ4v) is 2.63. The molecule has 1 heteroatoms. The Bertz CT molecular complexity index is 505. The van der Waals surface area contributed by atoms with Crippen LogP contribution in [0.3, 0.4) is 0 Å². The van der Waals surface area contributed by atoms with Gasteiger partial charge in [0.2, 0.25) is 0 Å². The summed E-state index contributed by atoms with van der Waals surface area (Å²) in [6.45, 7) is 3.88. The lowest BCUT2D eigenvalue weighted by Gasteiger charge is -2.26. The molecule has 1 aromatic carbocycles. The lowest BCUT2D eigenvalue weighted by atomic mass is 9.79. The molecule has 1 nitrogen and oxygen atoms in total. The van der Waals surface area contributed by atoms with E-state index in [9.17, 15) is 0 Å². The molecular weight excluding hydrogens is 218 g/mol. The molecule has 0 heterocycles. The van der Waals surface area contributed by atoms with E-state index in [0.29, 0.717) is 11.8 Å². The summed E-state index contributed by atoms with van der Waals surface area (Å²) in [5.74, 6) is 6.63. The van der Waals surface area contributed by atoms with E-state index in [1.165, 1.54) is 31.2 Å². The molecule has 0 bridgehead atoms. The first-order chi connectivity index (χ1) is 8.83. The summed E-state index contributed by atoms with van der Waals surface area (Å²) in [4.78, 5) is 0. The minimum atomic E-state index is 0. The van der Waals surface area contributed by atoms with E-state index in [-0.39, 0.29) is 1.43 Å². The Balaban J connectivity index is 0.00000180. The Morgan fingerprint density at radius 1 is 1.17 bits per heavy atom. The maximum Gasteiger partial charge on any atom is 0.152 e. The van der Waals surface area contributed by atoms with Crippen molar-refractivity contribution in [2.45, 2.75) is 31.6 Å². The van der Waals surface area contributed by atoms with Crippen LogP contribution in [0.25, 0.3) is 0 Å². The third kappa shape index (κ3) is 3.02. The monoisotopic (exact) mass is 237 g/mol. The smallest absolute Gasteiger partial charge is 0.152 e. The topological polar surface area (TPSA) is 23.8 Å². The number of benzene rings is 1. The van der Waals surface area contributed by atoms with Crippen molar-refractivity contribution in [1.29, 1.82) is 5.26 Å². The highest BCUT2D eigenvalue weighted by Crippen LogP contribution is 2.35. The van der Waals surface area contributed by atoms with Crippen LogP contribution >= 0.6 is 0 Å². The van der Waals surface area contributed by atoms with E-state index in [1.54, 1.807) is 0 Å². The van der Waals surface area contributed by atoms with Gasteiger partial charge in [0, 0.05) is 12.9 Å². The van der Waals surface area contributed by atoms with Gasteiger partial charge in [-0.1, -0.05) is 24.1 Å². The Hall–Kier alpha value is -1.99. The van der Waals surface area contributed by atoms with Crippen molar-refractivity contribution in [2.24, 2.45) is 5.92 Å². The molecule has 0 radical (unpaired) electrons. The van der Waals surface area contributed by atoms with Crippen LogP contribution in [-0.2, 0) is 0 Å². The molecule has 0 amide bonds. The largest absolute Gasteiger partial charge is 0.183 e. The fourth-order valence-electron chi connectivity index (χ4n) is 2.63. The molecule has 1 fully saturated rings. The number of hydrogen-bond acceptors (Lipinski definition) is 1. The molecule has 0 N–H and O–H groups in total. The van der Waals surface area contributed by atoms with Gasteiger partial charge in [0.05, 0.1) is 0 Å². The number of allylic oxidation sites excluding steroid dienone is 1. The van der Waals surface area contributed by atoms with Gasteiger partial charge in [0.15, 0.2) is 6.07 Å². The Morgan fingerprint density at radius 2 is 1.83 bits per heavy atom. The minimum absolute atomic E-state index is 0. The lowest BCUT2D eigenvalue weighted by molar-refractivity contribution is 0.376. The maximum atomic E-state index is 8.40. The standard InChI is InChI=1S/C17H17N.H2/c1-2-14-5-9-16(10-6-14)17-11-7-15(8-12-17)4-3-13-18;/h2,7-8,11-12,14,16H,1,5-6,9-10H2;1H. The summed E-state index contributed by atoms with van der Waals surface area (Å²) in [7, 11) is 0.